The van der Waals surface area contributed by atoms with Crippen molar-refractivity contribution in [3.05, 3.63) is 24.3 Å². The van der Waals surface area contributed by atoms with E-state index in [1.807, 2.05) is 52.0 Å². The van der Waals surface area contributed by atoms with Gasteiger partial charge < -0.3 is 15.2 Å². The predicted octanol–water partition coefficient (Wildman–Crippen LogP) is 2.90. The fourth-order valence-electron chi connectivity index (χ4n) is 1.32. The largest absolute Gasteiger partial charge is 0.494 e. The van der Waals surface area contributed by atoms with Crippen molar-refractivity contribution in [2.45, 2.75) is 33.3 Å². The maximum atomic E-state index is 10.1. The summed E-state index contributed by atoms with van der Waals surface area (Å²) in [6, 6.07) is 7.77. The summed E-state index contributed by atoms with van der Waals surface area (Å²) in [5.74, 6) is 1.09. The fourth-order valence-corrected chi connectivity index (χ4v) is 1.32. The molecule has 0 aromatic heterocycles. The zero-order valence-electron chi connectivity index (χ0n) is 11.2. The van der Waals surface area contributed by atoms with E-state index < -0.39 is 5.60 Å². The summed E-state index contributed by atoms with van der Waals surface area (Å²) in [7, 11) is 0. The Morgan fingerprint density at radius 3 is 2.35 bits per heavy atom. The second-order valence-corrected chi connectivity index (χ2v) is 4.82. The minimum atomic E-state index is -0.696. The van der Waals surface area contributed by atoms with Crippen LogP contribution in [0.4, 0.5) is 5.69 Å². The molecule has 0 spiro atoms. The minimum Gasteiger partial charge on any atom is -0.494 e. The maximum Gasteiger partial charge on any atom is 0.119 e. The van der Waals surface area contributed by atoms with Gasteiger partial charge in [-0.3, -0.25) is 0 Å². The van der Waals surface area contributed by atoms with Crippen molar-refractivity contribution in [2.24, 2.45) is 5.92 Å². The molecular weight excluding hydrogens is 214 g/mol. The van der Waals surface area contributed by atoms with Crippen molar-refractivity contribution in [3.8, 4) is 5.75 Å². The molecule has 0 saturated carbocycles. The number of anilines is 1. The molecule has 0 fully saturated rings. The molecule has 0 aliphatic rings. The Balaban J connectivity index is 2.52. The van der Waals surface area contributed by atoms with E-state index in [0.717, 1.165) is 11.4 Å². The SMILES string of the molecule is CCOc1ccc(NCC(C)(O)C(C)C)cc1. The first-order chi connectivity index (χ1) is 7.95. The molecule has 0 radical (unpaired) electrons. The van der Waals surface area contributed by atoms with Gasteiger partial charge in [-0.15, -0.1) is 0 Å². The van der Waals surface area contributed by atoms with Crippen LogP contribution >= 0.6 is 0 Å². The van der Waals surface area contributed by atoms with Crippen LogP contribution in [0.2, 0.25) is 0 Å². The van der Waals surface area contributed by atoms with Gasteiger partial charge in [-0.2, -0.15) is 0 Å². The number of benzene rings is 1. The highest BCUT2D eigenvalue weighted by Crippen LogP contribution is 2.19. The van der Waals surface area contributed by atoms with Crippen molar-refractivity contribution in [3.63, 3.8) is 0 Å². The van der Waals surface area contributed by atoms with Crippen molar-refractivity contribution in [1.29, 1.82) is 0 Å². The van der Waals surface area contributed by atoms with Crippen molar-refractivity contribution < 1.29 is 9.84 Å². The van der Waals surface area contributed by atoms with Crippen LogP contribution in [-0.4, -0.2) is 23.9 Å². The molecule has 0 bridgehead atoms. The van der Waals surface area contributed by atoms with E-state index in [4.69, 9.17) is 4.74 Å². The van der Waals surface area contributed by atoms with Crippen molar-refractivity contribution >= 4 is 5.69 Å². The average Bonchev–Trinajstić information content (AvgIpc) is 2.28. The van der Waals surface area contributed by atoms with Crippen molar-refractivity contribution in [2.75, 3.05) is 18.5 Å². The molecule has 3 heteroatoms. The highest BCUT2D eigenvalue weighted by atomic mass is 16.5. The lowest BCUT2D eigenvalue weighted by Gasteiger charge is -2.28. The molecule has 0 saturated heterocycles. The molecule has 0 aliphatic carbocycles. The summed E-state index contributed by atoms with van der Waals surface area (Å²) in [5.41, 5.74) is 0.299. The smallest absolute Gasteiger partial charge is 0.119 e. The summed E-state index contributed by atoms with van der Waals surface area (Å²) in [4.78, 5) is 0. The molecule has 0 aliphatic heterocycles. The Kier molecular flexibility index (Phi) is 4.82. The third-order valence-electron chi connectivity index (χ3n) is 3.06. The molecule has 1 rings (SSSR count). The van der Waals surface area contributed by atoms with Crippen LogP contribution in [-0.2, 0) is 0 Å². The van der Waals surface area contributed by atoms with Gasteiger partial charge in [0.2, 0.25) is 0 Å². The van der Waals surface area contributed by atoms with E-state index in [2.05, 4.69) is 5.32 Å². The van der Waals surface area contributed by atoms with E-state index in [9.17, 15) is 5.11 Å². The van der Waals surface area contributed by atoms with Gasteiger partial charge >= 0.3 is 0 Å². The van der Waals surface area contributed by atoms with Gasteiger partial charge in [0.25, 0.3) is 0 Å². The molecule has 0 amide bonds. The predicted molar refractivity (Wildman–Crippen MR) is 71.6 cm³/mol. The Morgan fingerprint density at radius 2 is 1.88 bits per heavy atom. The molecule has 17 heavy (non-hydrogen) atoms. The third kappa shape index (κ3) is 4.27. The second-order valence-electron chi connectivity index (χ2n) is 4.82. The molecule has 2 N–H and O–H groups in total. The topological polar surface area (TPSA) is 41.5 Å². The van der Waals surface area contributed by atoms with E-state index in [0.29, 0.717) is 13.2 Å². The number of ether oxygens (including phenoxy) is 1. The molecule has 0 heterocycles. The number of hydrogen-bond acceptors (Lipinski definition) is 3. The van der Waals surface area contributed by atoms with Gasteiger partial charge in [0.05, 0.1) is 12.2 Å². The first-order valence-corrected chi connectivity index (χ1v) is 6.15. The van der Waals surface area contributed by atoms with Gasteiger partial charge in [0.15, 0.2) is 0 Å². The molecular formula is C14H23NO2. The highest BCUT2D eigenvalue weighted by molar-refractivity contribution is 5.46. The lowest BCUT2D eigenvalue weighted by molar-refractivity contribution is 0.0266. The lowest BCUT2D eigenvalue weighted by Crippen LogP contribution is -2.38. The normalized spacial score (nSPS) is 14.5. The monoisotopic (exact) mass is 237 g/mol. The van der Waals surface area contributed by atoms with Gasteiger partial charge in [0, 0.05) is 12.2 Å². The Bertz CT molecular complexity index is 331. The Labute approximate surface area is 104 Å². The first-order valence-electron chi connectivity index (χ1n) is 6.15. The van der Waals surface area contributed by atoms with Crippen LogP contribution in [0, 0.1) is 5.92 Å². The summed E-state index contributed by atoms with van der Waals surface area (Å²) in [6.45, 7) is 9.05. The quantitative estimate of drug-likeness (QED) is 0.799. The van der Waals surface area contributed by atoms with Crippen LogP contribution in [0.5, 0.6) is 5.75 Å². The molecule has 96 valence electrons. The van der Waals surface area contributed by atoms with E-state index in [-0.39, 0.29) is 5.92 Å². The van der Waals surface area contributed by atoms with E-state index >= 15 is 0 Å². The van der Waals surface area contributed by atoms with Crippen LogP contribution < -0.4 is 10.1 Å². The zero-order chi connectivity index (χ0) is 12.9. The molecule has 1 aromatic carbocycles. The van der Waals surface area contributed by atoms with Gasteiger partial charge in [0.1, 0.15) is 5.75 Å². The minimum absolute atomic E-state index is 0.220. The summed E-state index contributed by atoms with van der Waals surface area (Å²) >= 11 is 0. The maximum absolute atomic E-state index is 10.1. The number of hydrogen-bond donors (Lipinski definition) is 2. The van der Waals surface area contributed by atoms with Gasteiger partial charge in [-0.05, 0) is 44.0 Å². The Morgan fingerprint density at radius 1 is 1.29 bits per heavy atom. The number of rotatable bonds is 6. The van der Waals surface area contributed by atoms with Crippen LogP contribution in [0.3, 0.4) is 0 Å². The summed E-state index contributed by atoms with van der Waals surface area (Å²) in [5, 5.41) is 13.3. The zero-order valence-corrected chi connectivity index (χ0v) is 11.2. The van der Waals surface area contributed by atoms with Crippen molar-refractivity contribution in [1.82, 2.24) is 0 Å². The van der Waals surface area contributed by atoms with Crippen LogP contribution in [0.1, 0.15) is 27.7 Å². The number of nitrogens with one attached hydrogen (secondary N) is 1. The average molecular weight is 237 g/mol. The van der Waals surface area contributed by atoms with E-state index in [1.165, 1.54) is 0 Å². The number of aliphatic hydroxyl groups is 1. The van der Waals surface area contributed by atoms with Crippen LogP contribution in [0.25, 0.3) is 0 Å². The highest BCUT2D eigenvalue weighted by Gasteiger charge is 2.24. The first kappa shape index (κ1) is 13.8. The standard InChI is InChI=1S/C14H23NO2/c1-5-17-13-8-6-12(7-9-13)15-10-14(4,16)11(2)3/h6-9,11,15-16H,5,10H2,1-4H3. The fraction of sp³-hybridized carbons (Fsp3) is 0.571. The molecule has 1 unspecified atom stereocenters. The molecule has 1 atom stereocenters. The molecule has 3 nitrogen and oxygen atoms in total. The Hall–Kier alpha value is -1.22. The summed E-state index contributed by atoms with van der Waals surface area (Å²) < 4.78 is 5.37. The second kappa shape index (κ2) is 5.92. The van der Waals surface area contributed by atoms with Crippen LogP contribution in [0.15, 0.2) is 24.3 Å². The molecule has 1 aromatic rings. The summed E-state index contributed by atoms with van der Waals surface area (Å²) in [6.07, 6.45) is 0. The van der Waals surface area contributed by atoms with Gasteiger partial charge in [-0.1, -0.05) is 13.8 Å². The lowest BCUT2D eigenvalue weighted by atomic mass is 9.92. The third-order valence-corrected chi connectivity index (χ3v) is 3.06. The van der Waals surface area contributed by atoms with Gasteiger partial charge in [-0.25, -0.2) is 0 Å². The van der Waals surface area contributed by atoms with E-state index in [1.54, 1.807) is 0 Å².